The number of rotatable bonds is 3. The summed E-state index contributed by atoms with van der Waals surface area (Å²) in [7, 11) is 0. The molecule has 0 saturated carbocycles. The molecule has 0 rings (SSSR count). The highest BCUT2D eigenvalue weighted by molar-refractivity contribution is 5.91. The van der Waals surface area contributed by atoms with Gasteiger partial charge in [0.15, 0.2) is 0 Å². The summed E-state index contributed by atoms with van der Waals surface area (Å²) in [5.74, 6) is -0.516. The van der Waals surface area contributed by atoms with E-state index in [0.29, 0.717) is 5.57 Å². The van der Waals surface area contributed by atoms with Crippen LogP contribution in [-0.2, 0) is 4.79 Å². The highest BCUT2D eigenvalue weighted by atomic mass is 16.1. The molecular weight excluding hydrogens is 104 g/mol. The van der Waals surface area contributed by atoms with Crippen molar-refractivity contribution >= 4 is 12.6 Å². The van der Waals surface area contributed by atoms with Crippen LogP contribution in [-0.4, -0.2) is 19.2 Å². The number of nitrogens with two attached hydrogens (primary N) is 1. The Labute approximate surface area is 47.9 Å². The molecule has 3 heteroatoms. The van der Waals surface area contributed by atoms with Crippen LogP contribution in [0.3, 0.4) is 0 Å². The van der Waals surface area contributed by atoms with E-state index in [1.54, 1.807) is 0 Å². The molecule has 0 radical (unpaired) electrons. The van der Waals surface area contributed by atoms with Gasteiger partial charge in [-0.05, 0) is 6.72 Å². The van der Waals surface area contributed by atoms with Gasteiger partial charge in [0, 0.05) is 5.57 Å². The summed E-state index contributed by atoms with van der Waals surface area (Å²) in [5, 5.41) is 0. The van der Waals surface area contributed by atoms with Crippen LogP contribution in [0.25, 0.3) is 0 Å². The predicted molar refractivity (Wildman–Crippen MR) is 32.8 cm³/mol. The minimum Gasteiger partial charge on any atom is -0.366 e. The fourth-order valence-electron chi connectivity index (χ4n) is 0.213. The Bertz CT molecular complexity index is 128. The van der Waals surface area contributed by atoms with E-state index in [9.17, 15) is 4.79 Å². The van der Waals surface area contributed by atoms with Crippen LogP contribution in [0.15, 0.2) is 17.1 Å². The van der Waals surface area contributed by atoms with Crippen molar-refractivity contribution in [3.8, 4) is 0 Å². The van der Waals surface area contributed by atoms with Gasteiger partial charge < -0.3 is 5.73 Å². The molecule has 0 heterocycles. The Morgan fingerprint density at radius 2 is 2.25 bits per heavy atom. The average molecular weight is 112 g/mol. The van der Waals surface area contributed by atoms with Crippen molar-refractivity contribution in [3.05, 3.63) is 12.2 Å². The lowest BCUT2D eigenvalue weighted by Gasteiger charge is -1.90. The van der Waals surface area contributed by atoms with Gasteiger partial charge in [-0.15, -0.1) is 0 Å². The second-order valence-electron chi connectivity index (χ2n) is 1.35. The number of hydrogen-bond acceptors (Lipinski definition) is 2. The third-order valence-electron chi connectivity index (χ3n) is 0.651. The molecule has 0 saturated heterocycles. The highest BCUT2D eigenvalue weighted by Crippen LogP contribution is 1.85. The lowest BCUT2D eigenvalue weighted by atomic mass is 10.3. The molecule has 2 N–H and O–H groups in total. The van der Waals surface area contributed by atoms with E-state index in [-0.39, 0.29) is 6.54 Å². The zero-order valence-corrected chi connectivity index (χ0v) is 4.55. The van der Waals surface area contributed by atoms with Crippen LogP contribution < -0.4 is 5.73 Å². The van der Waals surface area contributed by atoms with Crippen LogP contribution >= 0.6 is 0 Å². The van der Waals surface area contributed by atoms with Crippen molar-refractivity contribution in [2.75, 3.05) is 6.54 Å². The zero-order valence-electron chi connectivity index (χ0n) is 4.55. The minimum absolute atomic E-state index is 0.231. The second-order valence-corrected chi connectivity index (χ2v) is 1.35. The Hall–Kier alpha value is -1.12. The smallest absolute Gasteiger partial charge is 0.245 e. The lowest BCUT2D eigenvalue weighted by Crippen LogP contribution is -2.14. The standard InChI is InChI=1S/C5H8N2O/c1-4(3-7-2)5(6)8/h1-3H2,(H2,6,8). The summed E-state index contributed by atoms with van der Waals surface area (Å²) in [6.07, 6.45) is 0. The van der Waals surface area contributed by atoms with Gasteiger partial charge in [0.2, 0.25) is 5.91 Å². The van der Waals surface area contributed by atoms with Crippen LogP contribution in [0.1, 0.15) is 0 Å². The average Bonchev–Trinajstić information content (AvgIpc) is 1.67. The SMILES string of the molecule is C=NCC(=C)C(N)=O. The molecule has 0 aliphatic rings. The molecule has 0 unspecified atom stereocenters. The van der Waals surface area contributed by atoms with E-state index < -0.39 is 5.91 Å². The van der Waals surface area contributed by atoms with E-state index >= 15 is 0 Å². The Morgan fingerprint density at radius 3 is 2.38 bits per heavy atom. The number of aliphatic imine (C=N–C) groups is 1. The molecule has 3 nitrogen and oxygen atoms in total. The van der Waals surface area contributed by atoms with E-state index in [0.717, 1.165) is 0 Å². The maximum absolute atomic E-state index is 10.1. The van der Waals surface area contributed by atoms with Crippen molar-refractivity contribution in [1.29, 1.82) is 0 Å². The van der Waals surface area contributed by atoms with Crippen molar-refractivity contribution in [2.45, 2.75) is 0 Å². The van der Waals surface area contributed by atoms with Gasteiger partial charge in [-0.25, -0.2) is 0 Å². The van der Waals surface area contributed by atoms with Crippen LogP contribution in [0.2, 0.25) is 0 Å². The molecule has 0 aromatic carbocycles. The first kappa shape index (κ1) is 6.88. The molecular formula is C5H8N2O. The number of carbonyl (C=O) groups is 1. The highest BCUT2D eigenvalue weighted by Gasteiger charge is 1.95. The topological polar surface area (TPSA) is 55.4 Å². The largest absolute Gasteiger partial charge is 0.366 e. The predicted octanol–water partition coefficient (Wildman–Crippen LogP) is -0.271. The lowest BCUT2D eigenvalue weighted by molar-refractivity contribution is -0.114. The van der Waals surface area contributed by atoms with E-state index in [4.69, 9.17) is 5.73 Å². The molecule has 0 fully saturated rings. The third kappa shape index (κ3) is 2.12. The molecule has 44 valence electrons. The van der Waals surface area contributed by atoms with Gasteiger partial charge in [-0.2, -0.15) is 0 Å². The monoisotopic (exact) mass is 112 g/mol. The Balaban J connectivity index is 3.65. The van der Waals surface area contributed by atoms with Crippen molar-refractivity contribution in [1.82, 2.24) is 0 Å². The van der Waals surface area contributed by atoms with Gasteiger partial charge in [0.05, 0.1) is 6.54 Å². The summed E-state index contributed by atoms with van der Waals surface area (Å²) in [6.45, 7) is 6.73. The molecule has 0 aliphatic carbocycles. The minimum atomic E-state index is -0.516. The summed E-state index contributed by atoms with van der Waals surface area (Å²) >= 11 is 0. The Morgan fingerprint density at radius 1 is 1.75 bits per heavy atom. The number of hydrogen-bond donors (Lipinski definition) is 1. The Kier molecular flexibility index (Phi) is 2.54. The molecule has 1 amide bonds. The maximum Gasteiger partial charge on any atom is 0.245 e. The number of carbonyl (C=O) groups excluding carboxylic acids is 1. The van der Waals surface area contributed by atoms with Gasteiger partial charge in [-0.3, -0.25) is 9.79 Å². The molecule has 0 spiro atoms. The zero-order chi connectivity index (χ0) is 6.57. The normalized spacial score (nSPS) is 8.00. The summed E-state index contributed by atoms with van der Waals surface area (Å²) in [6, 6.07) is 0. The summed E-state index contributed by atoms with van der Waals surface area (Å²) in [5.41, 5.74) is 5.09. The molecule has 8 heavy (non-hydrogen) atoms. The quantitative estimate of drug-likeness (QED) is 0.396. The van der Waals surface area contributed by atoms with Crippen LogP contribution in [0.5, 0.6) is 0 Å². The van der Waals surface area contributed by atoms with E-state index in [1.807, 2.05) is 0 Å². The third-order valence-corrected chi connectivity index (χ3v) is 0.651. The first-order chi connectivity index (χ1) is 3.68. The van der Waals surface area contributed by atoms with Crippen molar-refractivity contribution in [3.63, 3.8) is 0 Å². The first-order valence-corrected chi connectivity index (χ1v) is 2.08. The van der Waals surface area contributed by atoms with Crippen molar-refractivity contribution in [2.24, 2.45) is 10.7 Å². The first-order valence-electron chi connectivity index (χ1n) is 2.08. The number of nitrogens with zero attached hydrogens (tertiary/aromatic N) is 1. The molecule has 0 aromatic rings. The van der Waals surface area contributed by atoms with E-state index in [2.05, 4.69) is 18.3 Å². The summed E-state index contributed by atoms with van der Waals surface area (Å²) in [4.78, 5) is 13.5. The van der Waals surface area contributed by atoms with Gasteiger partial charge >= 0.3 is 0 Å². The second kappa shape index (κ2) is 2.96. The number of amides is 1. The molecule has 0 aliphatic heterocycles. The summed E-state index contributed by atoms with van der Waals surface area (Å²) < 4.78 is 0. The van der Waals surface area contributed by atoms with Gasteiger partial charge in [0.25, 0.3) is 0 Å². The van der Waals surface area contributed by atoms with Crippen LogP contribution in [0, 0.1) is 0 Å². The van der Waals surface area contributed by atoms with E-state index in [1.165, 1.54) is 0 Å². The fourth-order valence-corrected chi connectivity index (χ4v) is 0.213. The van der Waals surface area contributed by atoms with Gasteiger partial charge in [-0.1, -0.05) is 6.58 Å². The fraction of sp³-hybridized carbons (Fsp3) is 0.200. The molecule has 0 aromatic heterocycles. The van der Waals surface area contributed by atoms with Crippen LogP contribution in [0.4, 0.5) is 0 Å². The van der Waals surface area contributed by atoms with Crippen molar-refractivity contribution < 1.29 is 4.79 Å². The maximum atomic E-state index is 10.1. The molecule has 0 atom stereocenters. The van der Waals surface area contributed by atoms with Gasteiger partial charge in [0.1, 0.15) is 0 Å². The number of primary amides is 1. The molecule has 0 bridgehead atoms.